The summed E-state index contributed by atoms with van der Waals surface area (Å²) in [6.07, 6.45) is -0.415. The molecule has 1 heterocycles. The number of rotatable bonds is 1. The Balaban J connectivity index is 2.44. The van der Waals surface area contributed by atoms with E-state index in [0.717, 1.165) is 17.1 Å². The summed E-state index contributed by atoms with van der Waals surface area (Å²) >= 11 is 1.79. The highest BCUT2D eigenvalue weighted by Gasteiger charge is 2.35. The molecule has 0 amide bonds. The van der Waals surface area contributed by atoms with Crippen LogP contribution >= 0.6 is 11.8 Å². The van der Waals surface area contributed by atoms with Crippen molar-refractivity contribution in [1.82, 2.24) is 0 Å². The third-order valence-corrected chi connectivity index (χ3v) is 4.33. The predicted octanol–water partition coefficient (Wildman–Crippen LogP) is 2.75. The van der Waals surface area contributed by atoms with Gasteiger partial charge in [0.15, 0.2) is 0 Å². The molecule has 1 atom stereocenters. The van der Waals surface area contributed by atoms with E-state index in [2.05, 4.69) is 13.8 Å². The number of benzene rings is 1. The Morgan fingerprint density at radius 2 is 2.20 bits per heavy atom. The van der Waals surface area contributed by atoms with Gasteiger partial charge in [0, 0.05) is 10.5 Å². The van der Waals surface area contributed by atoms with Gasteiger partial charge in [0.25, 0.3) is 0 Å². The van der Waals surface area contributed by atoms with Gasteiger partial charge in [-0.05, 0) is 37.1 Å². The molecule has 0 fully saturated rings. The molecule has 0 bridgehead atoms. The maximum Gasteiger partial charge on any atom is 0.119 e. The van der Waals surface area contributed by atoms with Gasteiger partial charge in [-0.25, -0.2) is 0 Å². The number of hydrogen-bond donors (Lipinski definition) is 1. The molecule has 2 nitrogen and oxygen atoms in total. The van der Waals surface area contributed by atoms with Crippen molar-refractivity contribution in [2.75, 3.05) is 7.11 Å². The maximum absolute atomic E-state index is 10.2. The van der Waals surface area contributed by atoms with Gasteiger partial charge < -0.3 is 9.84 Å². The monoisotopic (exact) mass is 224 g/mol. The fourth-order valence-electron chi connectivity index (χ4n) is 1.80. The van der Waals surface area contributed by atoms with Crippen molar-refractivity contribution in [2.24, 2.45) is 0 Å². The standard InChI is InChI=1S/C12H16O2S/c1-12(2)11(13)10-6-9(14-3)5-4-8(10)7-15-12/h4-6,11,13H,7H2,1-3H3. The number of methoxy groups -OCH3 is 1. The van der Waals surface area contributed by atoms with E-state index in [1.54, 1.807) is 18.9 Å². The molecule has 1 unspecified atom stereocenters. The number of fused-ring (bicyclic) bond motifs is 1. The smallest absolute Gasteiger partial charge is 0.119 e. The second-order valence-electron chi connectivity index (χ2n) is 4.36. The number of hydrogen-bond acceptors (Lipinski definition) is 3. The first-order valence-electron chi connectivity index (χ1n) is 5.03. The summed E-state index contributed by atoms with van der Waals surface area (Å²) in [5.41, 5.74) is 2.23. The van der Waals surface area contributed by atoms with Crippen molar-refractivity contribution in [1.29, 1.82) is 0 Å². The summed E-state index contributed by atoms with van der Waals surface area (Å²) in [6, 6.07) is 5.94. The number of aliphatic hydroxyl groups is 1. The van der Waals surface area contributed by atoms with E-state index in [1.807, 2.05) is 18.2 Å². The number of aliphatic hydroxyl groups excluding tert-OH is 1. The van der Waals surface area contributed by atoms with Crippen LogP contribution in [0.4, 0.5) is 0 Å². The average Bonchev–Trinajstić information content (AvgIpc) is 2.24. The highest BCUT2D eigenvalue weighted by molar-refractivity contribution is 7.99. The minimum atomic E-state index is -0.415. The summed E-state index contributed by atoms with van der Waals surface area (Å²) in [5, 5.41) is 10.2. The Labute approximate surface area is 94.6 Å². The molecule has 0 spiro atoms. The predicted molar refractivity (Wildman–Crippen MR) is 63.3 cm³/mol. The number of ether oxygens (including phenoxy) is 1. The third kappa shape index (κ3) is 1.86. The van der Waals surface area contributed by atoms with Crippen LogP contribution in [0.1, 0.15) is 31.1 Å². The Morgan fingerprint density at radius 3 is 2.87 bits per heavy atom. The van der Waals surface area contributed by atoms with Crippen molar-refractivity contribution < 1.29 is 9.84 Å². The average molecular weight is 224 g/mol. The van der Waals surface area contributed by atoms with Crippen LogP contribution in [0.3, 0.4) is 0 Å². The fourth-order valence-corrected chi connectivity index (χ4v) is 2.88. The summed E-state index contributed by atoms with van der Waals surface area (Å²) in [7, 11) is 1.65. The van der Waals surface area contributed by atoms with Crippen molar-refractivity contribution in [2.45, 2.75) is 30.5 Å². The lowest BCUT2D eigenvalue weighted by Crippen LogP contribution is -2.29. The zero-order valence-electron chi connectivity index (χ0n) is 9.28. The van der Waals surface area contributed by atoms with Gasteiger partial charge in [-0.15, -0.1) is 11.8 Å². The van der Waals surface area contributed by atoms with E-state index in [9.17, 15) is 5.11 Å². The van der Waals surface area contributed by atoms with Crippen LogP contribution in [0.15, 0.2) is 18.2 Å². The molecular weight excluding hydrogens is 208 g/mol. The van der Waals surface area contributed by atoms with E-state index >= 15 is 0 Å². The summed E-state index contributed by atoms with van der Waals surface area (Å²) in [5.74, 6) is 1.78. The largest absolute Gasteiger partial charge is 0.497 e. The zero-order valence-corrected chi connectivity index (χ0v) is 10.1. The van der Waals surface area contributed by atoms with Crippen molar-refractivity contribution in [3.63, 3.8) is 0 Å². The van der Waals surface area contributed by atoms with Crippen LogP contribution in [-0.4, -0.2) is 17.0 Å². The molecule has 82 valence electrons. The van der Waals surface area contributed by atoms with Crippen molar-refractivity contribution in [3.8, 4) is 5.75 Å². The molecule has 0 aliphatic carbocycles. The highest BCUT2D eigenvalue weighted by atomic mass is 32.2. The lowest BCUT2D eigenvalue weighted by Gasteiger charge is -2.36. The van der Waals surface area contributed by atoms with Crippen LogP contribution in [0.5, 0.6) is 5.75 Å². The Kier molecular flexibility index (Phi) is 2.69. The Hall–Kier alpha value is -0.670. The summed E-state index contributed by atoms with van der Waals surface area (Å²) in [4.78, 5) is 0. The molecule has 1 aromatic carbocycles. The second kappa shape index (κ2) is 3.72. The van der Waals surface area contributed by atoms with Gasteiger partial charge in [-0.1, -0.05) is 6.07 Å². The molecule has 0 radical (unpaired) electrons. The van der Waals surface area contributed by atoms with E-state index in [0.29, 0.717) is 0 Å². The molecule has 1 aliphatic heterocycles. The molecular formula is C12H16O2S. The third-order valence-electron chi connectivity index (χ3n) is 2.91. The second-order valence-corrected chi connectivity index (χ2v) is 5.99. The molecule has 0 saturated carbocycles. The molecule has 2 rings (SSSR count). The fraction of sp³-hybridized carbons (Fsp3) is 0.500. The lowest BCUT2D eigenvalue weighted by molar-refractivity contribution is 0.141. The molecule has 1 aliphatic rings. The molecule has 0 saturated heterocycles. The first-order chi connectivity index (χ1) is 7.04. The SMILES string of the molecule is COc1ccc2c(c1)C(O)C(C)(C)SC2. The van der Waals surface area contributed by atoms with E-state index in [1.165, 1.54) is 5.56 Å². The van der Waals surface area contributed by atoms with Crippen LogP contribution in [0, 0.1) is 0 Å². The van der Waals surface area contributed by atoms with Gasteiger partial charge >= 0.3 is 0 Å². The first kappa shape index (κ1) is 10.8. The van der Waals surface area contributed by atoms with E-state index in [4.69, 9.17) is 4.74 Å². The molecule has 1 N–H and O–H groups in total. The van der Waals surface area contributed by atoms with E-state index in [-0.39, 0.29) is 4.75 Å². The zero-order chi connectivity index (χ0) is 11.1. The van der Waals surface area contributed by atoms with Crippen LogP contribution in [0.25, 0.3) is 0 Å². The number of thioether (sulfide) groups is 1. The van der Waals surface area contributed by atoms with Gasteiger partial charge in [-0.3, -0.25) is 0 Å². The van der Waals surface area contributed by atoms with Gasteiger partial charge in [0.1, 0.15) is 5.75 Å². The quantitative estimate of drug-likeness (QED) is 0.795. The Bertz CT molecular complexity index is 374. The minimum Gasteiger partial charge on any atom is -0.497 e. The molecule has 3 heteroatoms. The first-order valence-corrected chi connectivity index (χ1v) is 6.02. The molecule has 1 aromatic rings. The molecule has 0 aromatic heterocycles. The van der Waals surface area contributed by atoms with Crippen LogP contribution in [-0.2, 0) is 5.75 Å². The maximum atomic E-state index is 10.2. The highest BCUT2D eigenvalue weighted by Crippen LogP contribution is 2.46. The normalized spacial score (nSPS) is 23.3. The molecule has 15 heavy (non-hydrogen) atoms. The topological polar surface area (TPSA) is 29.5 Å². The van der Waals surface area contributed by atoms with Gasteiger partial charge in [0.05, 0.1) is 13.2 Å². The van der Waals surface area contributed by atoms with Crippen LogP contribution in [0.2, 0.25) is 0 Å². The summed E-state index contributed by atoms with van der Waals surface area (Å²) < 4.78 is 5.07. The Morgan fingerprint density at radius 1 is 1.47 bits per heavy atom. The van der Waals surface area contributed by atoms with Crippen LogP contribution < -0.4 is 4.74 Å². The van der Waals surface area contributed by atoms with Gasteiger partial charge in [-0.2, -0.15) is 0 Å². The van der Waals surface area contributed by atoms with Crippen molar-refractivity contribution >= 4 is 11.8 Å². The van der Waals surface area contributed by atoms with Crippen molar-refractivity contribution in [3.05, 3.63) is 29.3 Å². The summed E-state index contributed by atoms with van der Waals surface area (Å²) in [6.45, 7) is 4.15. The lowest BCUT2D eigenvalue weighted by atomic mass is 9.93. The minimum absolute atomic E-state index is 0.112. The van der Waals surface area contributed by atoms with Gasteiger partial charge in [0.2, 0.25) is 0 Å². The van der Waals surface area contributed by atoms with E-state index < -0.39 is 6.10 Å².